The van der Waals surface area contributed by atoms with E-state index < -0.39 is 16.1 Å². The van der Waals surface area contributed by atoms with Crippen LogP contribution in [-0.2, 0) is 10.0 Å². The van der Waals surface area contributed by atoms with Gasteiger partial charge in [0.25, 0.3) is 0 Å². The molecule has 2 N–H and O–H groups in total. The fourth-order valence-corrected chi connectivity index (χ4v) is 4.75. The van der Waals surface area contributed by atoms with Crippen LogP contribution in [0.5, 0.6) is 0 Å². The Hall–Kier alpha value is -2.78. The number of hydrogen-bond acceptors (Lipinski definition) is 4. The normalized spacial score (nSPS) is 14.1. The van der Waals surface area contributed by atoms with E-state index in [0.29, 0.717) is 17.0 Å². The van der Waals surface area contributed by atoms with Crippen molar-refractivity contribution in [2.45, 2.75) is 4.90 Å². The Morgan fingerprint density at radius 1 is 1.19 bits per heavy atom. The van der Waals surface area contributed by atoms with Crippen LogP contribution < -0.4 is 5.73 Å². The van der Waals surface area contributed by atoms with Gasteiger partial charge in [-0.15, -0.1) is 0 Å². The number of quaternary nitrogens is 1. The second-order valence-electron chi connectivity index (χ2n) is 7.77. The summed E-state index contributed by atoms with van der Waals surface area (Å²) in [6.07, 6.45) is 6.92. The number of halogens is 1. The molecule has 2 amide bonds. The minimum atomic E-state index is -3.77. The summed E-state index contributed by atoms with van der Waals surface area (Å²) >= 11 is 5.90. The standard InChI is InChI=1S/C23H25ClN4O3S/c1-27(32(30,31)22-7-3-6-19-17-26-13-12-21(19)22)14-16-28(2,23(25)29)15-4-5-18-8-10-20(24)11-9-18/h3-13,17H,14-16H2,1-2H3,(H-,25,29)/p+1. The van der Waals surface area contributed by atoms with Crippen molar-refractivity contribution in [3.63, 3.8) is 0 Å². The van der Waals surface area contributed by atoms with Gasteiger partial charge in [-0.25, -0.2) is 17.7 Å². The summed E-state index contributed by atoms with van der Waals surface area (Å²) in [6, 6.07) is 13.5. The average Bonchev–Trinajstić information content (AvgIpc) is 2.78. The second-order valence-corrected chi connectivity index (χ2v) is 10.2. The Labute approximate surface area is 193 Å². The van der Waals surface area contributed by atoms with Crippen molar-refractivity contribution in [3.05, 3.63) is 77.6 Å². The molecule has 7 nitrogen and oxygen atoms in total. The summed E-state index contributed by atoms with van der Waals surface area (Å²) in [4.78, 5) is 16.4. The second kappa shape index (κ2) is 9.79. The van der Waals surface area contributed by atoms with Crippen molar-refractivity contribution in [3.8, 4) is 0 Å². The van der Waals surface area contributed by atoms with Crippen molar-refractivity contribution in [1.82, 2.24) is 9.29 Å². The molecule has 168 valence electrons. The van der Waals surface area contributed by atoms with Crippen LogP contribution in [-0.4, -0.2) is 62.0 Å². The van der Waals surface area contributed by atoms with Crippen molar-refractivity contribution in [1.29, 1.82) is 0 Å². The third kappa shape index (κ3) is 5.34. The number of carbonyl (C=O) groups is 1. The molecule has 0 radical (unpaired) electrons. The van der Waals surface area contributed by atoms with Crippen LogP contribution in [0.1, 0.15) is 5.56 Å². The van der Waals surface area contributed by atoms with Gasteiger partial charge < -0.3 is 5.73 Å². The molecule has 0 saturated heterocycles. The van der Waals surface area contributed by atoms with E-state index in [9.17, 15) is 13.2 Å². The molecular formula is C23H26ClN4O3S+. The third-order valence-electron chi connectivity index (χ3n) is 5.46. The van der Waals surface area contributed by atoms with E-state index in [1.807, 2.05) is 30.4 Å². The van der Waals surface area contributed by atoms with Gasteiger partial charge in [-0.3, -0.25) is 4.98 Å². The maximum atomic E-state index is 13.2. The van der Waals surface area contributed by atoms with Gasteiger partial charge in [0.2, 0.25) is 10.0 Å². The van der Waals surface area contributed by atoms with Crippen molar-refractivity contribution in [2.24, 2.45) is 5.73 Å². The highest BCUT2D eigenvalue weighted by molar-refractivity contribution is 7.89. The van der Waals surface area contributed by atoms with Gasteiger partial charge in [0.15, 0.2) is 0 Å². The SMILES string of the molecule is CN(CC[N+](C)(CC=Cc1ccc(Cl)cc1)C(N)=O)S(=O)(=O)c1cccc2cnccc12. The number of urea groups is 1. The summed E-state index contributed by atoms with van der Waals surface area (Å²) in [5, 5.41) is 1.99. The topological polar surface area (TPSA) is 93.4 Å². The smallest absolute Gasteiger partial charge is 0.319 e. The van der Waals surface area contributed by atoms with Crippen LogP contribution in [0.25, 0.3) is 16.8 Å². The number of amides is 2. The predicted molar refractivity (Wildman–Crippen MR) is 128 cm³/mol. The lowest BCUT2D eigenvalue weighted by Crippen LogP contribution is -2.55. The number of sulfonamides is 1. The first-order chi connectivity index (χ1) is 15.1. The van der Waals surface area contributed by atoms with Gasteiger partial charge in [-0.05, 0) is 35.9 Å². The van der Waals surface area contributed by atoms with Crippen LogP contribution in [0.4, 0.5) is 4.79 Å². The minimum absolute atomic E-state index is 0.123. The Morgan fingerprint density at radius 3 is 2.59 bits per heavy atom. The number of hydrogen-bond donors (Lipinski definition) is 1. The van der Waals surface area contributed by atoms with E-state index in [4.69, 9.17) is 17.3 Å². The molecule has 1 aromatic heterocycles. The Kier molecular flexibility index (Phi) is 7.30. The molecule has 0 aliphatic heterocycles. The van der Waals surface area contributed by atoms with E-state index in [2.05, 4.69) is 4.98 Å². The van der Waals surface area contributed by atoms with E-state index in [1.165, 1.54) is 11.4 Å². The highest BCUT2D eigenvalue weighted by Gasteiger charge is 2.31. The lowest BCUT2D eigenvalue weighted by molar-refractivity contribution is -0.822. The van der Waals surface area contributed by atoms with Gasteiger partial charge in [-0.2, -0.15) is 4.31 Å². The van der Waals surface area contributed by atoms with Crippen LogP contribution in [0.15, 0.2) is 71.9 Å². The number of primary amides is 1. The number of pyridine rings is 1. The Morgan fingerprint density at radius 2 is 1.91 bits per heavy atom. The molecule has 0 aliphatic rings. The lowest BCUT2D eigenvalue weighted by Gasteiger charge is -2.30. The number of benzene rings is 2. The quantitative estimate of drug-likeness (QED) is 0.504. The molecule has 1 unspecified atom stereocenters. The molecule has 0 saturated carbocycles. The fraction of sp³-hybridized carbons (Fsp3) is 0.217. The fourth-order valence-electron chi connectivity index (χ4n) is 3.25. The molecule has 32 heavy (non-hydrogen) atoms. The highest BCUT2D eigenvalue weighted by Crippen LogP contribution is 2.24. The van der Waals surface area contributed by atoms with Gasteiger partial charge in [-0.1, -0.05) is 41.9 Å². The Bertz CT molecular complexity index is 1240. The number of rotatable bonds is 8. The number of fused-ring (bicyclic) bond motifs is 1. The Balaban J connectivity index is 1.74. The van der Waals surface area contributed by atoms with Crippen molar-refractivity contribution in [2.75, 3.05) is 33.7 Å². The first-order valence-electron chi connectivity index (χ1n) is 9.99. The van der Waals surface area contributed by atoms with Crippen LogP contribution >= 0.6 is 11.6 Å². The molecule has 0 bridgehead atoms. The molecule has 3 aromatic rings. The van der Waals surface area contributed by atoms with Gasteiger partial charge in [0.05, 0.1) is 18.5 Å². The summed E-state index contributed by atoms with van der Waals surface area (Å²) in [6.45, 7) is 0.673. The molecule has 3 rings (SSSR count). The zero-order valence-electron chi connectivity index (χ0n) is 18.0. The number of nitrogens with two attached hydrogens (primary N) is 1. The number of aromatic nitrogens is 1. The largest absolute Gasteiger partial charge is 0.414 e. The van der Waals surface area contributed by atoms with Crippen molar-refractivity contribution < 1.29 is 17.7 Å². The zero-order valence-corrected chi connectivity index (χ0v) is 19.6. The summed E-state index contributed by atoms with van der Waals surface area (Å²) in [5.41, 5.74) is 6.60. The number of carbonyl (C=O) groups excluding carboxylic acids is 1. The molecule has 1 heterocycles. The lowest BCUT2D eigenvalue weighted by atomic mass is 10.2. The third-order valence-corrected chi connectivity index (χ3v) is 7.63. The van der Waals surface area contributed by atoms with E-state index in [1.54, 1.807) is 49.8 Å². The molecule has 1 atom stereocenters. The number of nitrogens with zero attached hydrogens (tertiary/aromatic N) is 3. The molecule has 9 heteroatoms. The summed E-state index contributed by atoms with van der Waals surface area (Å²) in [5.74, 6) is 0. The minimum Gasteiger partial charge on any atom is -0.319 e. The van der Waals surface area contributed by atoms with Crippen molar-refractivity contribution >= 4 is 44.5 Å². The first kappa shape index (κ1) is 23.9. The highest BCUT2D eigenvalue weighted by atomic mass is 35.5. The molecule has 0 spiro atoms. The zero-order chi connectivity index (χ0) is 23.4. The van der Waals surface area contributed by atoms with Crippen LogP contribution in [0.3, 0.4) is 0 Å². The maximum Gasteiger partial charge on any atom is 0.414 e. The summed E-state index contributed by atoms with van der Waals surface area (Å²) in [7, 11) is -0.571. The maximum absolute atomic E-state index is 13.2. The average molecular weight is 474 g/mol. The van der Waals surface area contributed by atoms with E-state index in [0.717, 1.165) is 10.9 Å². The van der Waals surface area contributed by atoms with Gasteiger partial charge >= 0.3 is 6.03 Å². The van der Waals surface area contributed by atoms with E-state index >= 15 is 0 Å². The van der Waals surface area contributed by atoms with E-state index in [-0.39, 0.29) is 22.5 Å². The predicted octanol–water partition coefficient (Wildman–Crippen LogP) is 3.75. The number of likely N-dealkylation sites (N-methyl/N-ethyl adjacent to an activating group) is 2. The van der Waals surface area contributed by atoms with Crippen LogP contribution in [0.2, 0.25) is 5.02 Å². The molecular weight excluding hydrogens is 448 g/mol. The van der Waals surface area contributed by atoms with Crippen LogP contribution in [0, 0.1) is 0 Å². The van der Waals surface area contributed by atoms with Gasteiger partial charge in [0, 0.05) is 35.2 Å². The first-order valence-corrected chi connectivity index (χ1v) is 11.8. The van der Waals surface area contributed by atoms with Gasteiger partial charge in [0.1, 0.15) is 13.1 Å². The molecule has 2 aromatic carbocycles. The molecule has 0 aliphatic carbocycles. The monoisotopic (exact) mass is 473 g/mol. The summed E-state index contributed by atoms with van der Waals surface area (Å²) < 4.78 is 27.6. The molecule has 0 fully saturated rings.